The third-order valence-corrected chi connectivity index (χ3v) is 13.0. The number of amides is 1. The van der Waals surface area contributed by atoms with E-state index in [0.717, 1.165) is 38.3 Å². The van der Waals surface area contributed by atoms with E-state index in [-0.39, 0.29) is 44.2 Å². The summed E-state index contributed by atoms with van der Waals surface area (Å²) < 4.78 is 43.8. The average molecular weight is 688 g/mol. The van der Waals surface area contributed by atoms with Crippen molar-refractivity contribution in [2.75, 3.05) is 32.6 Å². The van der Waals surface area contributed by atoms with Crippen LogP contribution in [0.5, 0.6) is 0 Å². The van der Waals surface area contributed by atoms with Gasteiger partial charge in [-0.1, -0.05) is 72.8 Å². The van der Waals surface area contributed by atoms with Crippen LogP contribution < -0.4 is 0 Å². The Morgan fingerprint density at radius 3 is 2.17 bits per heavy atom. The van der Waals surface area contributed by atoms with Crippen LogP contribution in [0.4, 0.5) is 4.79 Å². The molecule has 1 saturated heterocycles. The number of sulfone groups is 1. The second-order valence-corrected chi connectivity index (χ2v) is 16.9. The highest BCUT2D eigenvalue weighted by atomic mass is 32.2. The first kappa shape index (κ1) is 33.9. The number of carbonyl (C=O) groups excluding carboxylic acids is 2. The van der Waals surface area contributed by atoms with E-state index in [0.29, 0.717) is 11.5 Å². The fraction of sp³-hybridized carbons (Fsp3) is 0.368. The Labute approximate surface area is 286 Å². The van der Waals surface area contributed by atoms with E-state index in [4.69, 9.17) is 14.2 Å². The highest BCUT2D eigenvalue weighted by Crippen LogP contribution is 2.47. The first-order valence-electron chi connectivity index (χ1n) is 16.1. The highest BCUT2D eigenvalue weighted by molar-refractivity contribution is 7.92. The van der Waals surface area contributed by atoms with E-state index in [2.05, 4.69) is 24.3 Å². The van der Waals surface area contributed by atoms with Crippen LogP contribution in [-0.4, -0.2) is 63.5 Å². The molecule has 0 spiro atoms. The number of benzene rings is 3. The lowest BCUT2D eigenvalue weighted by atomic mass is 9.97. The van der Waals surface area contributed by atoms with Crippen molar-refractivity contribution in [2.45, 2.75) is 56.5 Å². The van der Waals surface area contributed by atoms with Crippen LogP contribution in [0.25, 0.3) is 21.6 Å². The molecule has 3 aromatic carbocycles. The quantitative estimate of drug-likeness (QED) is 0.176. The Morgan fingerprint density at radius 2 is 1.54 bits per heavy atom. The number of esters is 1. The predicted molar refractivity (Wildman–Crippen MR) is 188 cm³/mol. The van der Waals surface area contributed by atoms with E-state index in [1.807, 2.05) is 54.6 Å². The summed E-state index contributed by atoms with van der Waals surface area (Å²) in [5, 5.41) is 0. The normalized spacial score (nSPS) is 18.9. The molecule has 0 radical (unpaired) electrons. The van der Waals surface area contributed by atoms with Gasteiger partial charge in [-0.25, -0.2) is 13.2 Å². The molecule has 0 bridgehead atoms. The van der Waals surface area contributed by atoms with Crippen LogP contribution in [0, 0.1) is 0 Å². The van der Waals surface area contributed by atoms with Crippen molar-refractivity contribution in [1.82, 2.24) is 4.90 Å². The zero-order valence-electron chi connectivity index (χ0n) is 27.7. The molecule has 2 heterocycles. The van der Waals surface area contributed by atoms with Gasteiger partial charge < -0.3 is 19.1 Å². The molecule has 1 aliphatic carbocycles. The Bertz CT molecular complexity index is 1860. The lowest BCUT2D eigenvalue weighted by Crippen LogP contribution is -2.40. The largest absolute Gasteiger partial charge is 0.460 e. The van der Waals surface area contributed by atoms with Gasteiger partial charge in [-0.3, -0.25) is 4.79 Å². The minimum Gasteiger partial charge on any atom is -0.460 e. The SMILES string of the molecule is COCc1ccc(-c2ccc(C3(CC(=O)OC(C)(C)C)CCN(C(=O)OCC4c5ccccc5-c5ccccc54)CCS3(=O)=O)s2)cc1. The van der Waals surface area contributed by atoms with Crippen molar-refractivity contribution in [3.8, 4) is 21.6 Å². The van der Waals surface area contributed by atoms with Gasteiger partial charge in [0.05, 0.1) is 18.8 Å². The Balaban J connectivity index is 1.25. The summed E-state index contributed by atoms with van der Waals surface area (Å²) >= 11 is 1.35. The van der Waals surface area contributed by atoms with Crippen LogP contribution in [0.3, 0.4) is 0 Å². The fourth-order valence-corrected chi connectivity index (χ4v) is 10.3. The number of thiophene rings is 1. The summed E-state index contributed by atoms with van der Waals surface area (Å²) in [5.41, 5.74) is 5.63. The second kappa shape index (κ2) is 13.5. The molecule has 1 atom stereocenters. The van der Waals surface area contributed by atoms with E-state index in [9.17, 15) is 18.0 Å². The molecule has 0 saturated carbocycles. The number of hydrogen-bond donors (Lipinski definition) is 0. The molecule has 1 aliphatic heterocycles. The van der Waals surface area contributed by atoms with Crippen LogP contribution in [0.1, 0.15) is 61.1 Å². The third kappa shape index (κ3) is 6.79. The molecule has 4 aromatic rings. The molecule has 6 rings (SSSR count). The maximum Gasteiger partial charge on any atom is 0.409 e. The van der Waals surface area contributed by atoms with E-state index >= 15 is 0 Å². The number of ether oxygens (including phenoxy) is 3. The molecule has 1 unspecified atom stereocenters. The fourth-order valence-electron chi connectivity index (χ4n) is 6.72. The van der Waals surface area contributed by atoms with Gasteiger partial charge in [-0.05, 0) is 72.7 Å². The number of carbonyl (C=O) groups is 2. The molecule has 1 fully saturated rings. The molecular weight excluding hydrogens is 647 g/mol. The van der Waals surface area contributed by atoms with Crippen molar-refractivity contribution in [3.05, 3.63) is 106 Å². The van der Waals surface area contributed by atoms with E-state index < -0.39 is 32.2 Å². The first-order chi connectivity index (χ1) is 22.9. The maximum absolute atomic E-state index is 14.3. The lowest BCUT2D eigenvalue weighted by molar-refractivity contribution is -0.155. The van der Waals surface area contributed by atoms with Gasteiger partial charge in [0.25, 0.3) is 0 Å². The number of rotatable bonds is 8. The van der Waals surface area contributed by atoms with Crippen LogP contribution in [0.2, 0.25) is 0 Å². The zero-order valence-corrected chi connectivity index (χ0v) is 29.4. The van der Waals surface area contributed by atoms with Crippen LogP contribution in [-0.2, 0) is 40.2 Å². The van der Waals surface area contributed by atoms with Gasteiger partial charge in [-0.15, -0.1) is 11.3 Å². The smallest absolute Gasteiger partial charge is 0.409 e. The van der Waals surface area contributed by atoms with E-state index in [1.165, 1.54) is 16.2 Å². The Kier molecular flexibility index (Phi) is 9.53. The summed E-state index contributed by atoms with van der Waals surface area (Å²) in [6.07, 6.45) is -0.883. The zero-order chi connectivity index (χ0) is 34.1. The van der Waals surface area contributed by atoms with Crippen LogP contribution in [0.15, 0.2) is 84.9 Å². The molecule has 2 aliphatic rings. The second-order valence-electron chi connectivity index (χ2n) is 13.4. The predicted octanol–water partition coefficient (Wildman–Crippen LogP) is 7.56. The summed E-state index contributed by atoms with van der Waals surface area (Å²) in [4.78, 5) is 29.8. The van der Waals surface area contributed by atoms with Gasteiger partial charge in [0.2, 0.25) is 0 Å². The molecule has 48 heavy (non-hydrogen) atoms. The molecule has 10 heteroatoms. The third-order valence-electron chi connectivity index (χ3n) is 9.06. The summed E-state index contributed by atoms with van der Waals surface area (Å²) in [6.45, 7) is 5.98. The lowest BCUT2D eigenvalue weighted by Gasteiger charge is -2.31. The van der Waals surface area contributed by atoms with Crippen molar-refractivity contribution >= 4 is 33.2 Å². The average Bonchev–Trinajstić information content (AvgIpc) is 3.63. The highest BCUT2D eigenvalue weighted by Gasteiger charge is 2.51. The Hall–Kier alpha value is -3.99. The minimum absolute atomic E-state index is 0.0332. The number of fused-ring (bicyclic) bond motifs is 3. The van der Waals surface area contributed by atoms with Crippen molar-refractivity contribution < 1.29 is 32.2 Å². The van der Waals surface area contributed by atoms with Crippen LogP contribution >= 0.6 is 11.3 Å². The van der Waals surface area contributed by atoms with Gasteiger partial charge >= 0.3 is 12.1 Å². The van der Waals surface area contributed by atoms with Crippen molar-refractivity contribution in [1.29, 1.82) is 0 Å². The molecule has 1 amide bonds. The topological polar surface area (TPSA) is 99.2 Å². The van der Waals surface area contributed by atoms with Crippen molar-refractivity contribution in [2.24, 2.45) is 0 Å². The van der Waals surface area contributed by atoms with Crippen molar-refractivity contribution in [3.63, 3.8) is 0 Å². The van der Waals surface area contributed by atoms with Gasteiger partial charge in [0.1, 0.15) is 17.0 Å². The number of hydrogen-bond acceptors (Lipinski definition) is 8. The standard InChI is InChI=1S/C38H41NO7S2/c1-37(2,3)46-35(40)23-38(34-18-17-33(47-34)27-15-13-26(14-16-27)24-44-4)19-20-39(21-22-48(38,42)43)36(41)45-25-32-30-11-7-5-9-28(30)29-10-6-8-12-31(29)32/h5-18,32H,19-25H2,1-4H3. The van der Waals surface area contributed by atoms with Gasteiger partial charge in [0.15, 0.2) is 9.84 Å². The summed E-state index contributed by atoms with van der Waals surface area (Å²) in [6, 6.07) is 27.8. The molecule has 252 valence electrons. The maximum atomic E-state index is 14.3. The summed E-state index contributed by atoms with van der Waals surface area (Å²) in [5.74, 6) is -1.02. The van der Waals surface area contributed by atoms with Gasteiger partial charge in [0, 0.05) is 35.9 Å². The van der Waals surface area contributed by atoms with E-state index in [1.54, 1.807) is 33.9 Å². The Morgan fingerprint density at radius 1 is 0.896 bits per heavy atom. The number of methoxy groups -OCH3 is 1. The number of nitrogens with zero attached hydrogens (tertiary/aromatic N) is 1. The molecular formula is C38H41NO7S2. The first-order valence-corrected chi connectivity index (χ1v) is 18.6. The monoisotopic (exact) mass is 687 g/mol. The molecule has 0 N–H and O–H groups in total. The minimum atomic E-state index is -3.94. The summed E-state index contributed by atoms with van der Waals surface area (Å²) in [7, 11) is -2.30. The molecule has 1 aromatic heterocycles. The molecule has 8 nitrogen and oxygen atoms in total. The van der Waals surface area contributed by atoms with Gasteiger partial charge in [-0.2, -0.15) is 0 Å².